The SMILES string of the molecule is CC(C)(C)OC(=O)N[C@@H]1CC[C@@H](C(=O)O)[C@H](c2c#cccc2)C1. The van der Waals surface area contributed by atoms with Crippen molar-refractivity contribution in [3.63, 3.8) is 0 Å². The monoisotopic (exact) mass is 317 g/mol. The van der Waals surface area contributed by atoms with Crippen LogP contribution in [0.5, 0.6) is 0 Å². The van der Waals surface area contributed by atoms with Gasteiger partial charge in [-0.05, 0) is 52.2 Å². The predicted molar refractivity (Wildman–Crippen MR) is 85.0 cm³/mol. The van der Waals surface area contributed by atoms with Gasteiger partial charge in [-0.2, -0.15) is 0 Å². The number of hydrogen-bond acceptors (Lipinski definition) is 3. The fourth-order valence-electron chi connectivity index (χ4n) is 3.00. The minimum absolute atomic E-state index is 0.0981. The highest BCUT2D eigenvalue weighted by atomic mass is 16.6. The first-order valence-corrected chi connectivity index (χ1v) is 7.87. The van der Waals surface area contributed by atoms with Gasteiger partial charge in [0.05, 0.1) is 5.92 Å². The molecule has 5 heteroatoms. The van der Waals surface area contributed by atoms with Gasteiger partial charge in [0.15, 0.2) is 0 Å². The molecule has 0 heterocycles. The molecule has 0 aliphatic heterocycles. The van der Waals surface area contributed by atoms with E-state index >= 15 is 0 Å². The van der Waals surface area contributed by atoms with E-state index in [1.54, 1.807) is 6.07 Å². The molecule has 1 amide bonds. The van der Waals surface area contributed by atoms with E-state index in [1.807, 2.05) is 32.9 Å². The molecule has 5 nitrogen and oxygen atoms in total. The van der Waals surface area contributed by atoms with E-state index in [9.17, 15) is 14.7 Å². The summed E-state index contributed by atoms with van der Waals surface area (Å²) in [5, 5.41) is 12.3. The summed E-state index contributed by atoms with van der Waals surface area (Å²) in [5.74, 6) is -1.44. The molecule has 0 saturated heterocycles. The van der Waals surface area contributed by atoms with Crippen molar-refractivity contribution in [1.29, 1.82) is 0 Å². The van der Waals surface area contributed by atoms with E-state index < -0.39 is 23.6 Å². The van der Waals surface area contributed by atoms with E-state index in [2.05, 4.69) is 17.4 Å². The van der Waals surface area contributed by atoms with Gasteiger partial charge in [-0.15, -0.1) is 0 Å². The van der Waals surface area contributed by atoms with Crippen molar-refractivity contribution in [2.24, 2.45) is 5.92 Å². The Balaban J connectivity index is 2.06. The maximum Gasteiger partial charge on any atom is 0.407 e. The molecule has 0 bridgehead atoms. The summed E-state index contributed by atoms with van der Waals surface area (Å²) in [6, 6.07) is 11.2. The molecular formula is C18H23NO4. The Morgan fingerprint density at radius 1 is 1.35 bits per heavy atom. The van der Waals surface area contributed by atoms with Gasteiger partial charge in [0, 0.05) is 17.5 Å². The van der Waals surface area contributed by atoms with Crippen molar-refractivity contribution in [2.75, 3.05) is 0 Å². The van der Waals surface area contributed by atoms with Crippen LogP contribution in [0, 0.1) is 18.1 Å². The van der Waals surface area contributed by atoms with Gasteiger partial charge in [0.2, 0.25) is 0 Å². The van der Waals surface area contributed by atoms with Crippen LogP contribution in [-0.2, 0) is 9.53 Å². The number of carbonyl (C=O) groups excluding carboxylic acids is 1. The first-order valence-electron chi connectivity index (χ1n) is 7.87. The van der Waals surface area contributed by atoms with Crippen LogP contribution in [0.25, 0.3) is 0 Å². The zero-order valence-electron chi connectivity index (χ0n) is 13.8. The maximum atomic E-state index is 11.9. The molecule has 1 saturated carbocycles. The lowest BCUT2D eigenvalue weighted by atomic mass is 9.74. The van der Waals surface area contributed by atoms with E-state index in [0.717, 1.165) is 5.56 Å². The molecule has 1 aromatic carbocycles. The van der Waals surface area contributed by atoms with Gasteiger partial charge in [-0.1, -0.05) is 18.2 Å². The Kier molecular flexibility index (Phi) is 5.15. The lowest BCUT2D eigenvalue weighted by Gasteiger charge is -2.34. The fourth-order valence-corrected chi connectivity index (χ4v) is 3.00. The molecule has 0 spiro atoms. The number of rotatable bonds is 3. The van der Waals surface area contributed by atoms with Gasteiger partial charge < -0.3 is 15.2 Å². The second kappa shape index (κ2) is 6.91. The molecule has 0 aromatic heterocycles. The highest BCUT2D eigenvalue weighted by molar-refractivity contribution is 5.72. The number of hydrogen-bond donors (Lipinski definition) is 2. The second-order valence-electron chi connectivity index (χ2n) is 6.96. The van der Waals surface area contributed by atoms with Crippen molar-refractivity contribution in [2.45, 2.75) is 57.6 Å². The third-order valence-corrected chi connectivity index (χ3v) is 3.96. The minimum atomic E-state index is -0.803. The highest BCUT2D eigenvalue weighted by Crippen LogP contribution is 2.37. The number of nitrogens with one attached hydrogen (secondary N) is 1. The van der Waals surface area contributed by atoms with Gasteiger partial charge >= 0.3 is 12.1 Å². The number of alkyl carbamates (subject to hydrolysis) is 1. The average molecular weight is 317 g/mol. The Morgan fingerprint density at radius 3 is 2.65 bits per heavy atom. The third kappa shape index (κ3) is 4.88. The molecule has 1 aromatic rings. The van der Waals surface area contributed by atoms with Gasteiger partial charge in [-0.25, -0.2) is 4.79 Å². The molecule has 2 N–H and O–H groups in total. The van der Waals surface area contributed by atoms with Gasteiger partial charge in [0.25, 0.3) is 0 Å². The highest BCUT2D eigenvalue weighted by Gasteiger charge is 2.37. The molecule has 1 aliphatic rings. The number of amides is 1. The van der Waals surface area contributed by atoms with Crippen LogP contribution in [0.3, 0.4) is 0 Å². The van der Waals surface area contributed by atoms with Gasteiger partial charge in [-0.3, -0.25) is 4.79 Å². The summed E-state index contributed by atoms with van der Waals surface area (Å²) in [5.41, 5.74) is 0.278. The van der Waals surface area contributed by atoms with E-state index in [0.29, 0.717) is 19.3 Å². The van der Waals surface area contributed by atoms with E-state index in [-0.39, 0.29) is 12.0 Å². The minimum Gasteiger partial charge on any atom is -0.481 e. The topological polar surface area (TPSA) is 75.6 Å². The smallest absolute Gasteiger partial charge is 0.407 e. The first kappa shape index (κ1) is 17.1. The predicted octanol–water partition coefficient (Wildman–Crippen LogP) is 3.15. The average Bonchev–Trinajstić information content (AvgIpc) is 2.45. The molecule has 1 aliphatic carbocycles. The molecule has 2 rings (SSSR count). The van der Waals surface area contributed by atoms with Crippen LogP contribution in [0.15, 0.2) is 18.2 Å². The third-order valence-electron chi connectivity index (χ3n) is 3.96. The lowest BCUT2D eigenvalue weighted by Crippen LogP contribution is -2.43. The molecule has 0 unspecified atom stereocenters. The van der Waals surface area contributed by atoms with Crippen LogP contribution >= 0.6 is 0 Å². The summed E-state index contributed by atoms with van der Waals surface area (Å²) >= 11 is 0. The van der Waals surface area contributed by atoms with Crippen molar-refractivity contribution in [3.05, 3.63) is 35.9 Å². The Labute approximate surface area is 137 Å². The molecular weight excluding hydrogens is 294 g/mol. The van der Waals surface area contributed by atoms with Crippen molar-refractivity contribution < 1.29 is 19.4 Å². The standard InChI is InChI=1S/C18H23NO4/c1-18(2,3)23-17(22)19-13-9-10-14(16(20)21)15(11-13)12-7-5-4-6-8-12/h4-5,7,13-15H,9-11H2,1-3H3,(H,19,22)(H,20,21)/t13-,14-,15+/m1/s1. The first-order chi connectivity index (χ1) is 10.8. The van der Waals surface area contributed by atoms with Crippen LogP contribution in [0.1, 0.15) is 51.5 Å². The van der Waals surface area contributed by atoms with Crippen LogP contribution in [0.4, 0.5) is 4.79 Å². The van der Waals surface area contributed by atoms with Crippen LogP contribution in [-0.4, -0.2) is 28.8 Å². The van der Waals surface area contributed by atoms with Crippen LogP contribution < -0.4 is 5.32 Å². The lowest BCUT2D eigenvalue weighted by molar-refractivity contribution is -0.143. The van der Waals surface area contributed by atoms with E-state index in [1.165, 1.54) is 0 Å². The molecule has 124 valence electrons. The summed E-state index contributed by atoms with van der Waals surface area (Å²) in [6.45, 7) is 5.43. The quantitative estimate of drug-likeness (QED) is 0.898. The summed E-state index contributed by atoms with van der Waals surface area (Å²) in [6.07, 6.45) is 1.25. The molecule has 23 heavy (non-hydrogen) atoms. The number of carboxylic acid groups (broad SMARTS) is 1. The van der Waals surface area contributed by atoms with Crippen LogP contribution in [0.2, 0.25) is 0 Å². The molecule has 1 fully saturated rings. The van der Waals surface area contributed by atoms with E-state index in [4.69, 9.17) is 4.74 Å². The summed E-state index contributed by atoms with van der Waals surface area (Å²) < 4.78 is 5.28. The Morgan fingerprint density at radius 2 is 2.09 bits per heavy atom. The fraction of sp³-hybridized carbons (Fsp3) is 0.556. The number of carbonyl (C=O) groups is 2. The van der Waals surface area contributed by atoms with Gasteiger partial charge in [0.1, 0.15) is 5.60 Å². The maximum absolute atomic E-state index is 11.9. The molecule has 0 radical (unpaired) electrons. The zero-order chi connectivity index (χ0) is 17.0. The normalized spacial score (nSPS) is 24.4. The van der Waals surface area contributed by atoms with Crippen molar-refractivity contribution in [3.8, 4) is 0 Å². The zero-order valence-corrected chi connectivity index (χ0v) is 13.8. The van der Waals surface area contributed by atoms with Crippen molar-refractivity contribution in [1.82, 2.24) is 5.32 Å². The second-order valence-corrected chi connectivity index (χ2v) is 6.96. The number of aliphatic carboxylic acids is 1. The Bertz CT molecular complexity index is 550. The summed E-state index contributed by atoms with van der Waals surface area (Å²) in [7, 11) is 0. The summed E-state index contributed by atoms with van der Waals surface area (Å²) in [4.78, 5) is 23.4. The number of carboxylic acids is 1. The van der Waals surface area contributed by atoms with Crippen molar-refractivity contribution >= 4 is 12.1 Å². The number of ether oxygens (including phenoxy) is 1. The largest absolute Gasteiger partial charge is 0.481 e. The Hall–Kier alpha value is -2.22. The molecule has 3 atom stereocenters.